The molecule has 1 aromatic rings. The van der Waals surface area contributed by atoms with Crippen molar-refractivity contribution in [1.29, 1.82) is 0 Å². The van der Waals surface area contributed by atoms with Crippen LogP contribution in [0.1, 0.15) is 25.6 Å². The Balaban J connectivity index is 2.36. The summed E-state index contributed by atoms with van der Waals surface area (Å²) >= 11 is 0. The molecule has 6 nitrogen and oxygen atoms in total. The molecular weight excluding hydrogens is 282 g/mol. The first-order chi connectivity index (χ1) is 10.5. The van der Waals surface area contributed by atoms with Gasteiger partial charge in [-0.25, -0.2) is 0 Å². The fourth-order valence-corrected chi connectivity index (χ4v) is 2.29. The van der Waals surface area contributed by atoms with Crippen molar-refractivity contribution in [3.8, 4) is 0 Å². The van der Waals surface area contributed by atoms with E-state index >= 15 is 0 Å². The molecule has 2 atom stereocenters. The van der Waals surface area contributed by atoms with E-state index in [-0.39, 0.29) is 5.91 Å². The van der Waals surface area contributed by atoms with Crippen molar-refractivity contribution < 1.29 is 14.8 Å². The van der Waals surface area contributed by atoms with Gasteiger partial charge < -0.3 is 10.2 Å². The third-order valence-corrected chi connectivity index (χ3v) is 3.28. The molecule has 0 bridgehead atoms. The summed E-state index contributed by atoms with van der Waals surface area (Å²) in [5.41, 5.74) is 0.847. The average Bonchev–Trinajstić information content (AvgIpc) is 2.52. The molecule has 116 valence electrons. The van der Waals surface area contributed by atoms with Crippen LogP contribution in [0.3, 0.4) is 0 Å². The summed E-state index contributed by atoms with van der Waals surface area (Å²) in [4.78, 5) is 24.7. The fraction of sp³-hybridized carbons (Fsp3) is 0.250. The Morgan fingerprint density at radius 3 is 2.50 bits per heavy atom. The van der Waals surface area contributed by atoms with Crippen LogP contribution in [0.2, 0.25) is 0 Å². The van der Waals surface area contributed by atoms with Gasteiger partial charge in [0.15, 0.2) is 6.17 Å². The number of carbonyl (C=O) groups is 2. The number of benzene rings is 1. The molecule has 2 amide bonds. The minimum absolute atomic E-state index is 0.206. The quantitative estimate of drug-likeness (QED) is 0.656. The molecule has 0 radical (unpaired) electrons. The molecule has 6 heteroatoms. The van der Waals surface area contributed by atoms with Gasteiger partial charge in [0.1, 0.15) is 6.17 Å². The van der Waals surface area contributed by atoms with Crippen LogP contribution in [0.5, 0.6) is 0 Å². The van der Waals surface area contributed by atoms with Crippen LogP contribution >= 0.6 is 0 Å². The number of hydrogen-bond acceptors (Lipinski definition) is 4. The van der Waals surface area contributed by atoms with Crippen LogP contribution in [0.4, 0.5) is 0 Å². The molecule has 0 spiro atoms. The Morgan fingerprint density at radius 2 is 1.91 bits per heavy atom. The lowest BCUT2D eigenvalue weighted by Crippen LogP contribution is -2.51. The molecule has 0 aromatic heterocycles. The third kappa shape index (κ3) is 3.53. The second-order valence-electron chi connectivity index (χ2n) is 4.96. The van der Waals surface area contributed by atoms with E-state index in [9.17, 15) is 14.8 Å². The summed E-state index contributed by atoms with van der Waals surface area (Å²) in [6.07, 6.45) is 5.73. The lowest BCUT2D eigenvalue weighted by atomic mass is 10.1. The van der Waals surface area contributed by atoms with E-state index in [2.05, 4.69) is 5.32 Å². The molecule has 1 heterocycles. The highest BCUT2D eigenvalue weighted by molar-refractivity contribution is 5.74. The van der Waals surface area contributed by atoms with Crippen LogP contribution in [0, 0.1) is 0 Å². The van der Waals surface area contributed by atoms with Crippen LogP contribution in [-0.2, 0) is 9.59 Å². The minimum Gasteiger partial charge on any atom is -0.332 e. The molecular formula is C16H19N3O3. The molecule has 1 aromatic carbocycles. The van der Waals surface area contributed by atoms with Crippen LogP contribution in [0.15, 0.2) is 54.8 Å². The van der Waals surface area contributed by atoms with Crippen molar-refractivity contribution in [3.05, 3.63) is 60.3 Å². The minimum atomic E-state index is -0.695. The number of allylic oxidation sites excluding steroid dienone is 2. The Kier molecular flexibility index (Phi) is 4.95. The molecule has 2 N–H and O–H groups in total. The predicted molar refractivity (Wildman–Crippen MR) is 81.2 cm³/mol. The van der Waals surface area contributed by atoms with Crippen LogP contribution < -0.4 is 5.32 Å². The number of hydroxylamine groups is 2. The third-order valence-electron chi connectivity index (χ3n) is 3.28. The SMILES string of the molecule is CC(=O)NC(c1ccccc1)N1C=CC=CC1N(O)C(C)=O. The number of amides is 2. The first-order valence-corrected chi connectivity index (χ1v) is 6.94. The van der Waals surface area contributed by atoms with Crippen molar-refractivity contribution in [2.24, 2.45) is 0 Å². The van der Waals surface area contributed by atoms with Gasteiger partial charge in [-0.05, 0) is 17.7 Å². The van der Waals surface area contributed by atoms with Gasteiger partial charge >= 0.3 is 0 Å². The highest BCUT2D eigenvalue weighted by Crippen LogP contribution is 2.25. The molecule has 2 rings (SSSR count). The summed E-state index contributed by atoms with van der Waals surface area (Å²) in [7, 11) is 0. The molecule has 0 aliphatic carbocycles. The van der Waals surface area contributed by atoms with E-state index in [1.807, 2.05) is 30.3 Å². The number of carbonyl (C=O) groups excluding carboxylic acids is 2. The van der Waals surface area contributed by atoms with Gasteiger partial charge in [0.05, 0.1) is 0 Å². The Hall–Kier alpha value is -2.60. The normalized spacial score (nSPS) is 18.0. The van der Waals surface area contributed by atoms with Gasteiger partial charge in [0.2, 0.25) is 11.8 Å². The van der Waals surface area contributed by atoms with Gasteiger partial charge in [-0.2, -0.15) is 5.06 Å². The van der Waals surface area contributed by atoms with Crippen molar-refractivity contribution >= 4 is 11.8 Å². The summed E-state index contributed by atoms with van der Waals surface area (Å²) in [6.45, 7) is 2.70. The lowest BCUT2D eigenvalue weighted by molar-refractivity contribution is -0.183. The number of hydrogen-bond donors (Lipinski definition) is 2. The monoisotopic (exact) mass is 301 g/mol. The Bertz CT molecular complexity index is 598. The van der Waals surface area contributed by atoms with Crippen molar-refractivity contribution in [1.82, 2.24) is 15.3 Å². The maximum atomic E-state index is 11.6. The molecule has 22 heavy (non-hydrogen) atoms. The summed E-state index contributed by atoms with van der Waals surface area (Å²) in [5.74, 6) is -0.688. The van der Waals surface area contributed by atoms with Crippen molar-refractivity contribution in [3.63, 3.8) is 0 Å². The predicted octanol–water partition coefficient (Wildman–Crippen LogP) is 1.77. The molecule has 2 unspecified atom stereocenters. The Labute approximate surface area is 129 Å². The van der Waals surface area contributed by atoms with E-state index < -0.39 is 18.2 Å². The lowest BCUT2D eigenvalue weighted by Gasteiger charge is -2.40. The fourth-order valence-electron chi connectivity index (χ4n) is 2.29. The molecule has 1 aliphatic heterocycles. The van der Waals surface area contributed by atoms with Gasteiger partial charge in [-0.3, -0.25) is 14.8 Å². The molecule has 0 fully saturated rings. The van der Waals surface area contributed by atoms with E-state index in [1.165, 1.54) is 13.8 Å². The maximum Gasteiger partial charge on any atom is 0.245 e. The number of nitrogens with one attached hydrogen (secondary N) is 1. The molecule has 0 saturated carbocycles. The standard InChI is InChI=1S/C16H19N3O3/c1-12(20)17-16(14-8-4-3-5-9-14)18-11-7-6-10-15(18)19(22)13(2)21/h3-11,15-16,22H,1-2H3,(H,17,20). The number of nitrogens with zero attached hydrogens (tertiary/aromatic N) is 2. The smallest absolute Gasteiger partial charge is 0.245 e. The summed E-state index contributed by atoms with van der Waals surface area (Å²) in [6, 6.07) is 9.36. The van der Waals surface area contributed by atoms with Gasteiger partial charge in [0, 0.05) is 20.0 Å². The van der Waals surface area contributed by atoms with Gasteiger partial charge in [-0.1, -0.05) is 36.4 Å². The highest BCUT2D eigenvalue weighted by atomic mass is 16.5. The zero-order valence-electron chi connectivity index (χ0n) is 12.5. The van der Waals surface area contributed by atoms with E-state index in [0.717, 1.165) is 5.56 Å². The van der Waals surface area contributed by atoms with Gasteiger partial charge in [0.25, 0.3) is 0 Å². The zero-order chi connectivity index (χ0) is 16.1. The summed E-state index contributed by atoms with van der Waals surface area (Å²) < 4.78 is 0. The topological polar surface area (TPSA) is 72.9 Å². The van der Waals surface area contributed by atoms with Crippen molar-refractivity contribution in [2.75, 3.05) is 0 Å². The van der Waals surface area contributed by atoms with Crippen molar-refractivity contribution in [2.45, 2.75) is 26.2 Å². The average molecular weight is 301 g/mol. The Morgan fingerprint density at radius 1 is 1.23 bits per heavy atom. The number of rotatable bonds is 4. The summed E-state index contributed by atoms with van der Waals surface area (Å²) in [5, 5.41) is 13.5. The highest BCUT2D eigenvalue weighted by Gasteiger charge is 2.30. The second kappa shape index (κ2) is 6.91. The zero-order valence-corrected chi connectivity index (χ0v) is 12.5. The van der Waals surface area contributed by atoms with Crippen LogP contribution in [-0.4, -0.2) is 33.2 Å². The van der Waals surface area contributed by atoms with Crippen LogP contribution in [0.25, 0.3) is 0 Å². The molecule has 0 saturated heterocycles. The first kappa shape index (κ1) is 15.8. The largest absolute Gasteiger partial charge is 0.332 e. The van der Waals surface area contributed by atoms with E-state index in [1.54, 1.807) is 29.3 Å². The first-order valence-electron chi connectivity index (χ1n) is 6.94. The van der Waals surface area contributed by atoms with E-state index in [4.69, 9.17) is 0 Å². The maximum absolute atomic E-state index is 11.6. The van der Waals surface area contributed by atoms with Gasteiger partial charge in [-0.15, -0.1) is 0 Å². The molecule has 1 aliphatic rings. The van der Waals surface area contributed by atoms with E-state index in [0.29, 0.717) is 5.06 Å². The second-order valence-corrected chi connectivity index (χ2v) is 4.96.